The number of hydrogen-bond donors (Lipinski definition) is 1. The Balaban J connectivity index is 1.46. The van der Waals surface area contributed by atoms with E-state index in [-0.39, 0.29) is 30.6 Å². The molecule has 1 N–H and O–H groups in total. The molecule has 0 saturated carbocycles. The number of nitrogens with zero attached hydrogens (tertiary/aromatic N) is 3. The Morgan fingerprint density at radius 2 is 1.94 bits per heavy atom. The van der Waals surface area contributed by atoms with E-state index in [1.54, 1.807) is 30.5 Å². The number of amides is 1. The Morgan fingerprint density at radius 3 is 2.67 bits per heavy atom. The van der Waals surface area contributed by atoms with Gasteiger partial charge in [0.2, 0.25) is 5.69 Å². The van der Waals surface area contributed by atoms with Crippen molar-refractivity contribution in [2.45, 2.75) is 13.8 Å². The van der Waals surface area contributed by atoms with E-state index in [0.717, 1.165) is 22.0 Å². The van der Waals surface area contributed by atoms with E-state index in [4.69, 9.17) is 9.47 Å². The summed E-state index contributed by atoms with van der Waals surface area (Å²) in [6.45, 7) is 3.56. The zero-order valence-electron chi connectivity index (χ0n) is 18.1. The second-order valence-corrected chi connectivity index (χ2v) is 8.07. The molecule has 0 unspecified atom stereocenters. The molecule has 1 amide bonds. The first-order chi connectivity index (χ1) is 16.0. The molecule has 0 radical (unpaired) electrons. The van der Waals surface area contributed by atoms with Gasteiger partial charge < -0.3 is 14.8 Å². The lowest BCUT2D eigenvalue weighted by Crippen LogP contribution is -2.20. The highest BCUT2D eigenvalue weighted by atomic mass is 32.1. The highest BCUT2D eigenvalue weighted by Gasteiger charge is 2.21. The number of rotatable bonds is 8. The van der Waals surface area contributed by atoms with Gasteiger partial charge in [0, 0.05) is 16.6 Å². The molecule has 0 atom stereocenters. The average Bonchev–Trinajstić information content (AvgIpc) is 3.45. The molecule has 33 heavy (non-hydrogen) atoms. The number of anilines is 1. The Bertz CT molecular complexity index is 1270. The minimum absolute atomic E-state index is 0.00871. The van der Waals surface area contributed by atoms with E-state index in [9.17, 15) is 9.59 Å². The summed E-state index contributed by atoms with van der Waals surface area (Å²) in [5.41, 5.74) is 3.15. The van der Waals surface area contributed by atoms with Crippen molar-refractivity contribution < 1.29 is 19.1 Å². The molecule has 0 bridgehead atoms. The normalized spacial score (nSPS) is 10.6. The summed E-state index contributed by atoms with van der Waals surface area (Å²) in [4.78, 5) is 29.3. The average molecular weight is 463 g/mol. The van der Waals surface area contributed by atoms with Crippen LogP contribution in [-0.4, -0.2) is 39.9 Å². The fraction of sp³-hybridized carbons (Fsp3) is 0.167. The third-order valence-corrected chi connectivity index (χ3v) is 5.36. The van der Waals surface area contributed by atoms with Gasteiger partial charge in [-0.05, 0) is 38.1 Å². The van der Waals surface area contributed by atoms with E-state index >= 15 is 0 Å². The maximum atomic E-state index is 12.5. The minimum Gasteiger partial charge on any atom is -0.480 e. The molecule has 0 aliphatic rings. The van der Waals surface area contributed by atoms with Gasteiger partial charge in [-0.25, -0.2) is 14.5 Å². The van der Waals surface area contributed by atoms with Crippen LogP contribution in [0.1, 0.15) is 22.4 Å². The second-order valence-electron chi connectivity index (χ2n) is 7.01. The summed E-state index contributed by atoms with van der Waals surface area (Å²) in [5, 5.41) is 10.0. The number of carbonyl (C=O) groups is 2. The van der Waals surface area contributed by atoms with E-state index in [1.807, 2.05) is 60.8 Å². The molecular formula is C24H22N4O4S. The van der Waals surface area contributed by atoms with Crippen molar-refractivity contribution in [2.75, 3.05) is 18.5 Å². The lowest BCUT2D eigenvalue weighted by atomic mass is 10.1. The molecule has 0 fully saturated rings. The summed E-state index contributed by atoms with van der Waals surface area (Å²) >= 11 is 1.57. The van der Waals surface area contributed by atoms with Crippen LogP contribution in [0.25, 0.3) is 16.9 Å². The van der Waals surface area contributed by atoms with Gasteiger partial charge in [0.25, 0.3) is 5.91 Å². The van der Waals surface area contributed by atoms with Crippen LogP contribution >= 0.6 is 11.3 Å². The van der Waals surface area contributed by atoms with Gasteiger partial charge in [-0.1, -0.05) is 30.3 Å². The summed E-state index contributed by atoms with van der Waals surface area (Å²) in [7, 11) is 0. The van der Waals surface area contributed by atoms with Gasteiger partial charge in [-0.3, -0.25) is 4.79 Å². The topological polar surface area (TPSA) is 95.3 Å². The van der Waals surface area contributed by atoms with Gasteiger partial charge in [0.05, 0.1) is 29.2 Å². The zero-order chi connectivity index (χ0) is 23.2. The molecule has 0 spiro atoms. The van der Waals surface area contributed by atoms with Gasteiger partial charge in [-0.2, -0.15) is 5.10 Å². The van der Waals surface area contributed by atoms with E-state index in [2.05, 4.69) is 15.4 Å². The largest absolute Gasteiger partial charge is 0.480 e. The highest BCUT2D eigenvalue weighted by molar-refractivity contribution is 7.09. The molecule has 4 rings (SSSR count). The first-order valence-electron chi connectivity index (χ1n) is 10.3. The smallest absolute Gasteiger partial charge is 0.362 e. The SMILES string of the molecule is CCOC(=O)c1nn(-c2ccccc2)cc1OCC(=O)Nc1cccc(-c2csc(C)n2)c1. The molecule has 0 aliphatic carbocycles. The first kappa shape index (κ1) is 22.2. The number of aryl methyl sites for hydroxylation is 1. The molecule has 168 valence electrons. The fourth-order valence-electron chi connectivity index (χ4n) is 3.11. The predicted octanol–water partition coefficient (Wildman–Crippen LogP) is 4.50. The number of aromatic nitrogens is 3. The number of nitrogens with one attached hydrogen (secondary N) is 1. The van der Waals surface area contributed by atoms with Gasteiger partial charge >= 0.3 is 5.97 Å². The van der Waals surface area contributed by atoms with Gasteiger partial charge in [0.15, 0.2) is 12.4 Å². The minimum atomic E-state index is -0.617. The number of thiazole rings is 1. The Labute approximate surface area is 194 Å². The number of carbonyl (C=O) groups excluding carboxylic acids is 2. The zero-order valence-corrected chi connectivity index (χ0v) is 19.0. The first-order valence-corrected chi connectivity index (χ1v) is 11.2. The van der Waals surface area contributed by atoms with Crippen LogP contribution in [0.2, 0.25) is 0 Å². The lowest BCUT2D eigenvalue weighted by molar-refractivity contribution is -0.118. The lowest BCUT2D eigenvalue weighted by Gasteiger charge is -2.08. The van der Waals surface area contributed by atoms with Crippen molar-refractivity contribution in [2.24, 2.45) is 0 Å². The number of ether oxygens (including phenoxy) is 2. The summed E-state index contributed by atoms with van der Waals surface area (Å²) < 4.78 is 12.2. The molecule has 4 aromatic rings. The molecule has 8 nitrogen and oxygen atoms in total. The van der Waals surface area contributed by atoms with Gasteiger partial charge in [0.1, 0.15) is 0 Å². The molecular weight excluding hydrogens is 440 g/mol. The van der Waals surface area contributed by atoms with Crippen molar-refractivity contribution in [3.63, 3.8) is 0 Å². The summed E-state index contributed by atoms with van der Waals surface area (Å²) in [6, 6.07) is 16.7. The molecule has 2 aromatic heterocycles. The third kappa shape index (κ3) is 5.45. The van der Waals surface area contributed by atoms with E-state index in [0.29, 0.717) is 5.69 Å². The quantitative estimate of drug-likeness (QED) is 0.388. The van der Waals surface area contributed by atoms with Crippen molar-refractivity contribution in [3.8, 4) is 22.7 Å². The van der Waals surface area contributed by atoms with Gasteiger partial charge in [-0.15, -0.1) is 11.3 Å². The molecule has 0 saturated heterocycles. The van der Waals surface area contributed by atoms with Crippen LogP contribution in [0.4, 0.5) is 5.69 Å². The Kier molecular flexibility index (Phi) is 6.80. The number of benzene rings is 2. The maximum absolute atomic E-state index is 12.5. The van der Waals surface area contributed by atoms with Crippen LogP contribution in [0, 0.1) is 6.92 Å². The van der Waals surface area contributed by atoms with Crippen LogP contribution in [-0.2, 0) is 9.53 Å². The van der Waals surface area contributed by atoms with E-state index < -0.39 is 5.97 Å². The fourth-order valence-corrected chi connectivity index (χ4v) is 3.73. The summed E-state index contributed by atoms with van der Waals surface area (Å²) in [6.07, 6.45) is 1.56. The van der Waals surface area contributed by atoms with E-state index in [1.165, 1.54) is 4.68 Å². The highest BCUT2D eigenvalue weighted by Crippen LogP contribution is 2.24. The second kappa shape index (κ2) is 10.1. The number of esters is 1. The Hall–Kier alpha value is -3.98. The predicted molar refractivity (Wildman–Crippen MR) is 126 cm³/mol. The van der Waals surface area contributed by atoms with Crippen molar-refractivity contribution in [1.82, 2.24) is 14.8 Å². The standard InChI is InChI=1S/C24H22N4O4S/c1-3-31-24(30)23-21(13-28(27-23)19-10-5-4-6-11-19)32-14-22(29)26-18-9-7-8-17(12-18)20-15-33-16(2)25-20/h4-13,15H,3,14H2,1-2H3,(H,26,29). The number of para-hydroxylation sites is 1. The summed E-state index contributed by atoms with van der Waals surface area (Å²) in [5.74, 6) is -0.822. The van der Waals surface area contributed by atoms with Crippen LogP contribution in [0.3, 0.4) is 0 Å². The van der Waals surface area contributed by atoms with Crippen LogP contribution < -0.4 is 10.1 Å². The monoisotopic (exact) mass is 462 g/mol. The Morgan fingerprint density at radius 1 is 1.12 bits per heavy atom. The van der Waals surface area contributed by atoms with Crippen molar-refractivity contribution in [1.29, 1.82) is 0 Å². The molecule has 0 aliphatic heterocycles. The molecule has 9 heteroatoms. The molecule has 2 heterocycles. The third-order valence-electron chi connectivity index (χ3n) is 4.59. The maximum Gasteiger partial charge on any atom is 0.362 e. The van der Waals surface area contributed by atoms with Crippen molar-refractivity contribution >= 4 is 28.9 Å². The van der Waals surface area contributed by atoms with Crippen molar-refractivity contribution in [3.05, 3.63) is 76.9 Å². The van der Waals surface area contributed by atoms with Crippen LogP contribution in [0.15, 0.2) is 66.2 Å². The number of hydrogen-bond acceptors (Lipinski definition) is 7. The van der Waals surface area contributed by atoms with Crippen LogP contribution in [0.5, 0.6) is 5.75 Å². The molecule has 2 aromatic carbocycles.